The molecule has 1 atom stereocenters. The Labute approximate surface area is 252 Å². The minimum absolute atomic E-state index is 0.118. The fourth-order valence-electron chi connectivity index (χ4n) is 4.78. The second kappa shape index (κ2) is 14.5. The second-order valence-corrected chi connectivity index (χ2v) is 10.0. The van der Waals surface area contributed by atoms with Crippen LogP contribution in [-0.4, -0.2) is 31.5 Å². The third-order valence-electron chi connectivity index (χ3n) is 7.06. The number of methoxy groups -OCH3 is 1. The highest BCUT2D eigenvalue weighted by atomic mass is 16.5. The molecule has 5 nitrogen and oxygen atoms in total. The van der Waals surface area contributed by atoms with E-state index in [1.165, 1.54) is 18.2 Å². The molecule has 0 bridgehead atoms. The maximum atomic E-state index is 13.2. The lowest BCUT2D eigenvalue weighted by Crippen LogP contribution is -2.33. The van der Waals surface area contributed by atoms with E-state index in [0.717, 1.165) is 16.9 Å². The van der Waals surface area contributed by atoms with Gasteiger partial charge in [-0.3, -0.25) is 4.79 Å². The predicted octanol–water partition coefficient (Wildman–Crippen LogP) is 7.87. The molecule has 0 saturated heterocycles. The van der Waals surface area contributed by atoms with Gasteiger partial charge in [0.2, 0.25) is 0 Å². The summed E-state index contributed by atoms with van der Waals surface area (Å²) in [5.74, 6) is 0.200. The smallest absolute Gasteiger partial charge is 0.328 e. The summed E-state index contributed by atoms with van der Waals surface area (Å²) in [7, 11) is 1.36. The minimum atomic E-state index is -0.683. The summed E-state index contributed by atoms with van der Waals surface area (Å²) in [5.41, 5.74) is 6.06. The molecule has 5 heteroatoms. The zero-order valence-corrected chi connectivity index (χ0v) is 24.0. The molecule has 43 heavy (non-hydrogen) atoms. The van der Waals surface area contributed by atoms with Crippen LogP contribution < -0.4 is 10.1 Å². The Morgan fingerprint density at radius 2 is 1.35 bits per heavy atom. The molecule has 5 aromatic rings. The van der Waals surface area contributed by atoms with E-state index < -0.39 is 12.0 Å². The third-order valence-corrected chi connectivity index (χ3v) is 7.06. The Bertz CT molecular complexity index is 1660. The van der Waals surface area contributed by atoms with E-state index >= 15 is 0 Å². The molecule has 0 aliphatic rings. The first-order valence-electron chi connectivity index (χ1n) is 14.2. The van der Waals surface area contributed by atoms with E-state index in [1.54, 1.807) is 24.3 Å². The van der Waals surface area contributed by atoms with Gasteiger partial charge < -0.3 is 14.8 Å². The van der Waals surface area contributed by atoms with E-state index in [0.29, 0.717) is 29.8 Å². The normalized spacial score (nSPS) is 11.6. The number of para-hydroxylation sites is 1. The minimum Gasteiger partial charge on any atom is -0.490 e. The Kier molecular flexibility index (Phi) is 9.78. The van der Waals surface area contributed by atoms with Crippen LogP contribution in [0.15, 0.2) is 140 Å². The monoisotopic (exact) mass is 567 g/mol. The van der Waals surface area contributed by atoms with Gasteiger partial charge >= 0.3 is 5.97 Å². The molecule has 1 N–H and O–H groups in total. The maximum absolute atomic E-state index is 13.2. The molecule has 0 spiro atoms. The Balaban J connectivity index is 1.18. The lowest BCUT2D eigenvalue weighted by Gasteiger charge is -2.20. The van der Waals surface area contributed by atoms with Gasteiger partial charge in [-0.2, -0.15) is 0 Å². The molecule has 1 unspecified atom stereocenters. The summed E-state index contributed by atoms with van der Waals surface area (Å²) in [6.07, 6.45) is 4.40. The Morgan fingerprint density at radius 3 is 2.05 bits per heavy atom. The van der Waals surface area contributed by atoms with Crippen molar-refractivity contribution in [3.63, 3.8) is 0 Å². The molecular formula is C38H33NO4. The Hall–Kier alpha value is -5.42. The van der Waals surface area contributed by atoms with Crippen molar-refractivity contribution in [2.45, 2.75) is 12.5 Å². The fraction of sp³-hybridized carbons (Fsp3) is 0.105. The van der Waals surface area contributed by atoms with Gasteiger partial charge in [0.25, 0.3) is 0 Å². The molecular weight excluding hydrogens is 534 g/mol. The van der Waals surface area contributed by atoms with Crippen LogP contribution in [-0.2, 0) is 16.0 Å². The van der Waals surface area contributed by atoms with Crippen molar-refractivity contribution in [3.05, 3.63) is 162 Å². The molecule has 0 radical (unpaired) electrons. The van der Waals surface area contributed by atoms with E-state index in [2.05, 4.69) is 41.7 Å². The molecule has 0 saturated carbocycles. The number of ketones is 1. The number of nitrogens with one attached hydrogen (secondary N) is 1. The lowest BCUT2D eigenvalue weighted by atomic mass is 10.00. The average Bonchev–Trinajstić information content (AvgIpc) is 3.07. The number of hydrogen-bond acceptors (Lipinski definition) is 5. The summed E-state index contributed by atoms with van der Waals surface area (Å²) in [6, 6.07) is 41.9. The van der Waals surface area contributed by atoms with Gasteiger partial charge in [0.1, 0.15) is 18.4 Å². The van der Waals surface area contributed by atoms with Gasteiger partial charge in [0.05, 0.1) is 7.11 Å². The molecule has 0 aromatic heterocycles. The fourth-order valence-corrected chi connectivity index (χ4v) is 4.78. The Morgan fingerprint density at radius 1 is 0.721 bits per heavy atom. The zero-order valence-electron chi connectivity index (χ0n) is 24.0. The van der Waals surface area contributed by atoms with Crippen molar-refractivity contribution in [2.24, 2.45) is 0 Å². The van der Waals surface area contributed by atoms with Crippen LogP contribution in [0.3, 0.4) is 0 Å². The summed E-state index contributed by atoms with van der Waals surface area (Å²) in [5, 5.41) is 3.25. The third kappa shape index (κ3) is 7.86. The molecule has 0 aliphatic heterocycles. The van der Waals surface area contributed by atoms with Crippen LogP contribution in [0.1, 0.15) is 27.0 Å². The van der Waals surface area contributed by atoms with Crippen LogP contribution in [0.4, 0.5) is 5.69 Å². The number of esters is 1. The molecule has 5 rings (SSSR count). The van der Waals surface area contributed by atoms with Crippen molar-refractivity contribution < 1.29 is 19.1 Å². The average molecular weight is 568 g/mol. The highest BCUT2D eigenvalue weighted by molar-refractivity contribution is 6.12. The van der Waals surface area contributed by atoms with Crippen LogP contribution in [0.25, 0.3) is 17.2 Å². The van der Waals surface area contributed by atoms with Crippen LogP contribution in [0, 0.1) is 0 Å². The first kappa shape index (κ1) is 29.1. The molecule has 0 fully saturated rings. The van der Waals surface area contributed by atoms with Gasteiger partial charge in [0, 0.05) is 23.2 Å². The standard InChI is InChI=1S/C38H33NO4/c1-42-38(41)36(39-35-17-9-8-16-34(35)37(40)32-14-6-3-7-15-32)27-29-20-24-33(25-21-29)43-26-10-11-28-18-22-31(23-19-28)30-12-4-2-5-13-30/h2-25,36,39H,26-27H2,1H3/b11-10+. The quantitative estimate of drug-likeness (QED) is 0.123. The number of ether oxygens (including phenoxy) is 2. The van der Waals surface area contributed by atoms with E-state index in [-0.39, 0.29) is 5.78 Å². The SMILES string of the molecule is COC(=O)C(Cc1ccc(OC/C=C/c2ccc(-c3ccccc3)cc2)cc1)Nc1ccccc1C(=O)c1ccccc1. The summed E-state index contributed by atoms with van der Waals surface area (Å²) >= 11 is 0. The summed E-state index contributed by atoms with van der Waals surface area (Å²) in [6.45, 7) is 0.429. The highest BCUT2D eigenvalue weighted by Crippen LogP contribution is 2.23. The van der Waals surface area contributed by atoms with E-state index in [9.17, 15) is 9.59 Å². The van der Waals surface area contributed by atoms with Crippen molar-refractivity contribution in [2.75, 3.05) is 19.0 Å². The van der Waals surface area contributed by atoms with Crippen LogP contribution in [0.2, 0.25) is 0 Å². The molecule has 5 aromatic carbocycles. The predicted molar refractivity (Wildman–Crippen MR) is 172 cm³/mol. The zero-order chi connectivity index (χ0) is 29.9. The van der Waals surface area contributed by atoms with Crippen molar-refractivity contribution in [3.8, 4) is 16.9 Å². The highest BCUT2D eigenvalue weighted by Gasteiger charge is 2.22. The van der Waals surface area contributed by atoms with Gasteiger partial charge in [0.15, 0.2) is 5.78 Å². The summed E-state index contributed by atoms with van der Waals surface area (Å²) in [4.78, 5) is 25.9. The number of rotatable bonds is 12. The number of hydrogen-bond donors (Lipinski definition) is 1. The lowest BCUT2D eigenvalue weighted by molar-refractivity contribution is -0.141. The van der Waals surface area contributed by atoms with Crippen LogP contribution in [0.5, 0.6) is 5.75 Å². The van der Waals surface area contributed by atoms with Crippen molar-refractivity contribution >= 4 is 23.5 Å². The van der Waals surface area contributed by atoms with Crippen molar-refractivity contribution in [1.29, 1.82) is 0 Å². The first-order valence-corrected chi connectivity index (χ1v) is 14.2. The molecule has 214 valence electrons. The number of benzene rings is 5. The number of anilines is 1. The van der Waals surface area contributed by atoms with E-state index in [4.69, 9.17) is 9.47 Å². The number of carbonyl (C=O) groups excluding carboxylic acids is 2. The molecule has 0 heterocycles. The second-order valence-electron chi connectivity index (χ2n) is 10.0. The van der Waals surface area contributed by atoms with Gasteiger partial charge in [-0.1, -0.05) is 115 Å². The van der Waals surface area contributed by atoms with Gasteiger partial charge in [-0.05, 0) is 52.6 Å². The van der Waals surface area contributed by atoms with E-state index in [1.807, 2.05) is 84.9 Å². The molecule has 0 aliphatic carbocycles. The summed E-state index contributed by atoms with van der Waals surface area (Å²) < 4.78 is 11.0. The molecule has 0 amide bonds. The largest absolute Gasteiger partial charge is 0.490 e. The maximum Gasteiger partial charge on any atom is 0.328 e. The topological polar surface area (TPSA) is 64.6 Å². The van der Waals surface area contributed by atoms with Gasteiger partial charge in [-0.25, -0.2) is 4.79 Å². The van der Waals surface area contributed by atoms with Crippen LogP contribution >= 0.6 is 0 Å². The van der Waals surface area contributed by atoms with Crippen molar-refractivity contribution in [1.82, 2.24) is 0 Å². The first-order chi connectivity index (χ1) is 21.1. The van der Waals surface area contributed by atoms with Gasteiger partial charge in [-0.15, -0.1) is 0 Å². The number of carbonyl (C=O) groups is 2.